The Balaban J connectivity index is 2.23. The van der Waals surface area contributed by atoms with E-state index in [0.717, 1.165) is 42.1 Å². The van der Waals surface area contributed by atoms with Crippen LogP contribution in [0.4, 0.5) is 8.78 Å². The average Bonchev–Trinajstić information content (AvgIpc) is 2.61. The minimum atomic E-state index is -0.607. The maximum Gasteiger partial charge on any atom is 0.133 e. The first kappa shape index (κ1) is 14.1. The van der Waals surface area contributed by atoms with Gasteiger partial charge in [-0.1, -0.05) is 6.42 Å². The van der Waals surface area contributed by atoms with E-state index in [2.05, 4.69) is 4.98 Å². The minimum absolute atomic E-state index is 0.368. The maximum absolute atomic E-state index is 14.1. The summed E-state index contributed by atoms with van der Waals surface area (Å²) in [6.45, 7) is 1.82. The van der Waals surface area contributed by atoms with Crippen molar-refractivity contribution < 1.29 is 13.9 Å². The van der Waals surface area contributed by atoms with Gasteiger partial charge in [0.25, 0.3) is 0 Å². The van der Waals surface area contributed by atoms with Gasteiger partial charge in [-0.15, -0.1) is 0 Å². The highest BCUT2D eigenvalue weighted by Crippen LogP contribution is 2.35. The predicted molar refractivity (Wildman–Crippen MR) is 76.8 cm³/mol. The molecule has 110 valence electrons. The van der Waals surface area contributed by atoms with Crippen LogP contribution in [-0.2, 0) is 6.42 Å². The van der Waals surface area contributed by atoms with Crippen molar-refractivity contribution in [2.45, 2.75) is 38.7 Å². The molecule has 1 heterocycles. The molecule has 0 radical (unpaired) electrons. The van der Waals surface area contributed by atoms with Gasteiger partial charge in [-0.3, -0.25) is 4.98 Å². The number of halogens is 2. The van der Waals surface area contributed by atoms with Crippen molar-refractivity contribution in [3.05, 3.63) is 52.9 Å². The summed E-state index contributed by atoms with van der Waals surface area (Å²) < 4.78 is 27.2. The third-order valence-electron chi connectivity index (χ3n) is 3.98. The molecule has 1 aliphatic carbocycles. The number of fused-ring (bicyclic) bond motifs is 1. The van der Waals surface area contributed by atoms with E-state index in [1.807, 2.05) is 13.0 Å². The molecule has 0 saturated heterocycles. The Morgan fingerprint density at radius 3 is 2.71 bits per heavy atom. The third-order valence-corrected chi connectivity index (χ3v) is 3.98. The quantitative estimate of drug-likeness (QED) is 0.802. The lowest BCUT2D eigenvalue weighted by molar-refractivity contribution is 0.162. The van der Waals surface area contributed by atoms with E-state index >= 15 is 0 Å². The Labute approximate surface area is 122 Å². The molecule has 1 aromatic heterocycles. The number of aliphatic hydroxyl groups excluding tert-OH is 1. The van der Waals surface area contributed by atoms with E-state index in [1.54, 1.807) is 0 Å². The summed E-state index contributed by atoms with van der Waals surface area (Å²) in [5.74, 6) is -1.17. The standard InChI is InChI=1S/C17H17F2NO/c1-10-8-14(12-7-6-11(18)9-15(12)19)13-4-2-3-5-16(21)17(13)20-10/h6-9,16,21H,2-5H2,1H3. The molecular formula is C17H17F2NO. The first-order chi connectivity index (χ1) is 10.1. The van der Waals surface area contributed by atoms with Gasteiger partial charge in [-0.2, -0.15) is 0 Å². The highest BCUT2D eigenvalue weighted by Gasteiger charge is 2.22. The van der Waals surface area contributed by atoms with Crippen LogP contribution in [0.25, 0.3) is 11.1 Å². The third kappa shape index (κ3) is 2.68. The second kappa shape index (κ2) is 5.53. The lowest BCUT2D eigenvalue weighted by Crippen LogP contribution is -2.06. The van der Waals surface area contributed by atoms with Crippen LogP contribution in [0.3, 0.4) is 0 Å². The van der Waals surface area contributed by atoms with Crippen LogP contribution < -0.4 is 0 Å². The molecule has 0 bridgehead atoms. The molecule has 0 fully saturated rings. The van der Waals surface area contributed by atoms with Gasteiger partial charge >= 0.3 is 0 Å². The predicted octanol–water partition coefficient (Wildman–Crippen LogP) is 4.10. The molecule has 2 nitrogen and oxygen atoms in total. The van der Waals surface area contributed by atoms with Crippen LogP contribution >= 0.6 is 0 Å². The Morgan fingerprint density at radius 2 is 1.95 bits per heavy atom. The van der Waals surface area contributed by atoms with E-state index < -0.39 is 17.7 Å². The van der Waals surface area contributed by atoms with Gasteiger partial charge in [0.05, 0.1) is 11.8 Å². The number of pyridine rings is 1. The molecular weight excluding hydrogens is 272 g/mol. The van der Waals surface area contributed by atoms with Crippen LogP contribution in [0.1, 0.15) is 42.3 Å². The van der Waals surface area contributed by atoms with Crippen LogP contribution in [0, 0.1) is 18.6 Å². The second-order valence-corrected chi connectivity index (χ2v) is 5.56. The molecule has 1 aromatic carbocycles. The maximum atomic E-state index is 14.1. The zero-order chi connectivity index (χ0) is 15.0. The van der Waals surface area contributed by atoms with Gasteiger partial charge < -0.3 is 5.11 Å². The molecule has 4 heteroatoms. The summed E-state index contributed by atoms with van der Waals surface area (Å²) >= 11 is 0. The Bertz CT molecular complexity index is 685. The van der Waals surface area contributed by atoms with E-state index in [4.69, 9.17) is 0 Å². The average molecular weight is 289 g/mol. The van der Waals surface area contributed by atoms with Gasteiger partial charge in [0, 0.05) is 17.3 Å². The highest BCUT2D eigenvalue weighted by molar-refractivity contribution is 5.69. The molecule has 3 rings (SSSR count). The Morgan fingerprint density at radius 1 is 1.14 bits per heavy atom. The molecule has 0 saturated carbocycles. The number of aryl methyl sites for hydroxylation is 1. The molecule has 1 atom stereocenters. The van der Waals surface area contributed by atoms with Crippen molar-refractivity contribution in [2.24, 2.45) is 0 Å². The van der Waals surface area contributed by atoms with Crippen molar-refractivity contribution in [3.8, 4) is 11.1 Å². The van der Waals surface area contributed by atoms with Crippen LogP contribution in [0.2, 0.25) is 0 Å². The van der Waals surface area contributed by atoms with E-state index in [1.165, 1.54) is 12.1 Å². The smallest absolute Gasteiger partial charge is 0.133 e. The van der Waals surface area contributed by atoms with Crippen molar-refractivity contribution >= 4 is 0 Å². The second-order valence-electron chi connectivity index (χ2n) is 5.56. The van der Waals surface area contributed by atoms with Crippen molar-refractivity contribution in [2.75, 3.05) is 0 Å². The van der Waals surface area contributed by atoms with Crippen molar-refractivity contribution in [3.63, 3.8) is 0 Å². The number of hydrogen-bond donors (Lipinski definition) is 1. The van der Waals surface area contributed by atoms with E-state index in [0.29, 0.717) is 17.7 Å². The van der Waals surface area contributed by atoms with Crippen LogP contribution in [0.15, 0.2) is 24.3 Å². The van der Waals surface area contributed by atoms with Gasteiger partial charge in [-0.05, 0) is 55.5 Å². The van der Waals surface area contributed by atoms with E-state index in [9.17, 15) is 13.9 Å². The number of benzene rings is 1. The summed E-state index contributed by atoms with van der Waals surface area (Å²) in [6, 6.07) is 5.42. The number of nitrogens with zero attached hydrogens (tertiary/aromatic N) is 1. The van der Waals surface area contributed by atoms with Gasteiger partial charge in [0.2, 0.25) is 0 Å². The number of aromatic nitrogens is 1. The fraction of sp³-hybridized carbons (Fsp3) is 0.353. The summed E-state index contributed by atoms with van der Waals surface area (Å²) in [6.07, 6.45) is 2.68. The van der Waals surface area contributed by atoms with Crippen LogP contribution in [0.5, 0.6) is 0 Å². The minimum Gasteiger partial charge on any atom is -0.387 e. The zero-order valence-corrected chi connectivity index (χ0v) is 11.9. The molecule has 0 amide bonds. The summed E-state index contributed by atoms with van der Waals surface area (Å²) in [7, 11) is 0. The molecule has 0 spiro atoms. The first-order valence-corrected chi connectivity index (χ1v) is 7.20. The number of hydrogen-bond acceptors (Lipinski definition) is 2. The topological polar surface area (TPSA) is 33.1 Å². The fourth-order valence-corrected chi connectivity index (χ4v) is 2.99. The number of rotatable bonds is 1. The van der Waals surface area contributed by atoms with Crippen molar-refractivity contribution in [1.82, 2.24) is 4.98 Å². The monoisotopic (exact) mass is 289 g/mol. The highest BCUT2D eigenvalue weighted by atomic mass is 19.1. The lowest BCUT2D eigenvalue weighted by Gasteiger charge is -2.16. The molecule has 2 aromatic rings. The lowest BCUT2D eigenvalue weighted by atomic mass is 9.94. The fourth-order valence-electron chi connectivity index (χ4n) is 2.99. The van der Waals surface area contributed by atoms with Gasteiger partial charge in [0.15, 0.2) is 0 Å². The normalized spacial score (nSPS) is 18.2. The largest absolute Gasteiger partial charge is 0.387 e. The zero-order valence-electron chi connectivity index (χ0n) is 11.9. The Kier molecular flexibility index (Phi) is 3.72. The summed E-state index contributed by atoms with van der Waals surface area (Å²) in [5, 5.41) is 10.2. The molecule has 1 unspecified atom stereocenters. The molecule has 1 N–H and O–H groups in total. The van der Waals surface area contributed by atoms with Gasteiger partial charge in [-0.25, -0.2) is 8.78 Å². The Hall–Kier alpha value is -1.81. The SMILES string of the molecule is Cc1cc(-c2ccc(F)cc2F)c2c(n1)C(O)CCCC2. The summed E-state index contributed by atoms with van der Waals surface area (Å²) in [4.78, 5) is 4.44. The van der Waals surface area contributed by atoms with E-state index in [-0.39, 0.29) is 0 Å². The first-order valence-electron chi connectivity index (χ1n) is 7.20. The molecule has 21 heavy (non-hydrogen) atoms. The van der Waals surface area contributed by atoms with Crippen molar-refractivity contribution in [1.29, 1.82) is 0 Å². The number of aliphatic hydroxyl groups is 1. The van der Waals surface area contributed by atoms with Gasteiger partial charge in [0.1, 0.15) is 11.6 Å². The molecule has 0 aliphatic heterocycles. The summed E-state index contributed by atoms with van der Waals surface area (Å²) in [5.41, 5.74) is 3.35. The van der Waals surface area contributed by atoms with Crippen LogP contribution in [-0.4, -0.2) is 10.1 Å². The molecule has 1 aliphatic rings.